The fourth-order valence-corrected chi connectivity index (χ4v) is 1.88. The number of nitrogens with zero attached hydrogens (tertiary/aromatic N) is 1. The van der Waals surface area contributed by atoms with Gasteiger partial charge >= 0.3 is 6.09 Å². The number of ether oxygens (including phenoxy) is 1. The Balaban J connectivity index is 2.79. The first-order chi connectivity index (χ1) is 10.6. The van der Waals surface area contributed by atoms with E-state index in [1.807, 2.05) is 13.0 Å². The van der Waals surface area contributed by atoms with Crippen molar-refractivity contribution in [2.24, 2.45) is 0 Å². The summed E-state index contributed by atoms with van der Waals surface area (Å²) >= 11 is 0. The Morgan fingerprint density at radius 1 is 1.32 bits per heavy atom. The molecule has 0 bridgehead atoms. The number of carbonyl (C=O) groups excluding carboxylic acids is 2. The fourth-order valence-electron chi connectivity index (χ4n) is 1.88. The standard InChI is InChI=1S/C16H24N2O4/c1-3-4-12-22-16(21)17-14(13-8-6-5-7-9-13)15(20)18(2)10-11-19/h5-9,14,19H,3-4,10-12H2,1-2H3,(H,17,21)/t14-/m0/s1. The van der Waals surface area contributed by atoms with Crippen molar-refractivity contribution >= 4 is 12.0 Å². The Hall–Kier alpha value is -2.08. The van der Waals surface area contributed by atoms with Gasteiger partial charge in [0.05, 0.1) is 13.2 Å². The van der Waals surface area contributed by atoms with Gasteiger partial charge in [-0.15, -0.1) is 0 Å². The third-order valence-corrected chi connectivity index (χ3v) is 3.18. The molecule has 0 fully saturated rings. The number of alkyl carbamates (subject to hydrolysis) is 1. The predicted molar refractivity (Wildman–Crippen MR) is 83.3 cm³/mol. The zero-order valence-corrected chi connectivity index (χ0v) is 13.1. The number of hydrogen-bond acceptors (Lipinski definition) is 4. The number of nitrogens with one attached hydrogen (secondary N) is 1. The predicted octanol–water partition coefficient (Wildman–Crippen LogP) is 1.70. The Morgan fingerprint density at radius 3 is 2.59 bits per heavy atom. The number of aliphatic hydroxyl groups excluding tert-OH is 1. The SMILES string of the molecule is CCCCOC(=O)N[C@H](C(=O)N(C)CCO)c1ccccc1. The number of benzene rings is 1. The second-order valence-corrected chi connectivity index (χ2v) is 4.96. The zero-order chi connectivity index (χ0) is 16.4. The summed E-state index contributed by atoms with van der Waals surface area (Å²) in [6.45, 7) is 2.39. The first kappa shape index (κ1) is 18.0. The van der Waals surface area contributed by atoms with Crippen molar-refractivity contribution in [2.45, 2.75) is 25.8 Å². The molecule has 0 aliphatic heterocycles. The third-order valence-electron chi connectivity index (χ3n) is 3.18. The molecule has 2 N–H and O–H groups in total. The summed E-state index contributed by atoms with van der Waals surface area (Å²) in [5, 5.41) is 11.6. The number of aliphatic hydroxyl groups is 1. The van der Waals surface area contributed by atoms with Crippen molar-refractivity contribution in [2.75, 3.05) is 26.8 Å². The second kappa shape index (κ2) is 9.78. The Labute approximate surface area is 131 Å². The molecule has 0 saturated heterocycles. The number of rotatable bonds is 8. The number of unbranched alkanes of at least 4 members (excludes halogenated alkanes) is 1. The lowest BCUT2D eigenvalue weighted by molar-refractivity contribution is -0.132. The van der Waals surface area contributed by atoms with Gasteiger partial charge in [-0.1, -0.05) is 43.7 Å². The van der Waals surface area contributed by atoms with Crippen LogP contribution >= 0.6 is 0 Å². The van der Waals surface area contributed by atoms with Crippen LogP contribution in [-0.2, 0) is 9.53 Å². The van der Waals surface area contributed by atoms with Gasteiger partial charge in [0.2, 0.25) is 5.91 Å². The van der Waals surface area contributed by atoms with Crippen LogP contribution < -0.4 is 5.32 Å². The average Bonchev–Trinajstić information content (AvgIpc) is 2.53. The van der Waals surface area contributed by atoms with E-state index < -0.39 is 12.1 Å². The summed E-state index contributed by atoms with van der Waals surface area (Å²) < 4.78 is 5.05. The first-order valence-electron chi connectivity index (χ1n) is 7.44. The van der Waals surface area contributed by atoms with Crippen LogP contribution in [0, 0.1) is 0 Å². The highest BCUT2D eigenvalue weighted by Gasteiger charge is 2.25. The second-order valence-electron chi connectivity index (χ2n) is 4.96. The van der Waals surface area contributed by atoms with Crippen molar-refractivity contribution in [3.63, 3.8) is 0 Å². The van der Waals surface area contributed by atoms with E-state index in [2.05, 4.69) is 5.32 Å². The lowest BCUT2D eigenvalue weighted by Gasteiger charge is -2.24. The molecule has 0 aromatic heterocycles. The maximum atomic E-state index is 12.4. The summed E-state index contributed by atoms with van der Waals surface area (Å²) in [5.41, 5.74) is 0.671. The van der Waals surface area contributed by atoms with E-state index in [1.165, 1.54) is 4.90 Å². The molecule has 0 spiro atoms. The molecular weight excluding hydrogens is 284 g/mol. The van der Waals surface area contributed by atoms with Crippen LogP contribution in [-0.4, -0.2) is 48.8 Å². The monoisotopic (exact) mass is 308 g/mol. The largest absolute Gasteiger partial charge is 0.450 e. The van der Waals surface area contributed by atoms with Gasteiger partial charge in [-0.2, -0.15) is 0 Å². The van der Waals surface area contributed by atoms with E-state index in [9.17, 15) is 9.59 Å². The molecule has 1 aromatic rings. The van der Waals surface area contributed by atoms with Gasteiger partial charge in [-0.3, -0.25) is 4.79 Å². The normalized spacial score (nSPS) is 11.6. The minimum Gasteiger partial charge on any atom is -0.450 e. The summed E-state index contributed by atoms with van der Waals surface area (Å²) in [6, 6.07) is 8.13. The van der Waals surface area contributed by atoms with E-state index in [4.69, 9.17) is 9.84 Å². The number of hydrogen-bond donors (Lipinski definition) is 2. The van der Waals surface area contributed by atoms with Gasteiger partial charge in [-0.25, -0.2) is 4.79 Å². The zero-order valence-electron chi connectivity index (χ0n) is 13.1. The molecule has 0 aliphatic rings. The molecule has 1 rings (SSSR count). The molecule has 122 valence electrons. The van der Waals surface area contributed by atoms with E-state index in [0.717, 1.165) is 12.8 Å². The van der Waals surface area contributed by atoms with Gasteiger partial charge in [0, 0.05) is 13.6 Å². The molecular formula is C16H24N2O4. The average molecular weight is 308 g/mol. The van der Waals surface area contributed by atoms with Crippen LogP contribution in [0.3, 0.4) is 0 Å². The van der Waals surface area contributed by atoms with E-state index >= 15 is 0 Å². The summed E-state index contributed by atoms with van der Waals surface area (Å²) in [7, 11) is 1.58. The highest BCUT2D eigenvalue weighted by molar-refractivity contribution is 5.86. The molecule has 0 radical (unpaired) electrons. The van der Waals surface area contributed by atoms with Gasteiger partial charge in [0.25, 0.3) is 0 Å². The molecule has 2 amide bonds. The van der Waals surface area contributed by atoms with E-state index in [-0.39, 0.29) is 19.1 Å². The molecule has 6 nitrogen and oxygen atoms in total. The summed E-state index contributed by atoms with van der Waals surface area (Å²) in [4.78, 5) is 25.7. The summed E-state index contributed by atoms with van der Waals surface area (Å²) in [5.74, 6) is -0.298. The highest BCUT2D eigenvalue weighted by Crippen LogP contribution is 2.15. The van der Waals surface area contributed by atoms with E-state index in [1.54, 1.807) is 31.3 Å². The topological polar surface area (TPSA) is 78.9 Å². The molecule has 0 saturated carbocycles. The van der Waals surface area contributed by atoms with Crippen molar-refractivity contribution in [3.05, 3.63) is 35.9 Å². The Morgan fingerprint density at radius 2 is 2.00 bits per heavy atom. The quantitative estimate of drug-likeness (QED) is 0.717. The fraction of sp³-hybridized carbons (Fsp3) is 0.500. The van der Waals surface area contributed by atoms with Crippen molar-refractivity contribution in [1.82, 2.24) is 10.2 Å². The van der Waals surface area contributed by atoms with Crippen LogP contribution in [0.4, 0.5) is 4.79 Å². The molecule has 0 aliphatic carbocycles. The maximum Gasteiger partial charge on any atom is 0.408 e. The van der Waals surface area contributed by atoms with Crippen LogP contribution in [0.15, 0.2) is 30.3 Å². The van der Waals surface area contributed by atoms with Gasteiger partial charge in [0.1, 0.15) is 6.04 Å². The maximum absolute atomic E-state index is 12.4. The minimum atomic E-state index is -0.827. The van der Waals surface area contributed by atoms with Crippen LogP contribution in [0.1, 0.15) is 31.4 Å². The smallest absolute Gasteiger partial charge is 0.408 e. The van der Waals surface area contributed by atoms with Crippen molar-refractivity contribution in [3.8, 4) is 0 Å². The first-order valence-corrected chi connectivity index (χ1v) is 7.44. The van der Waals surface area contributed by atoms with Gasteiger partial charge in [-0.05, 0) is 12.0 Å². The van der Waals surface area contributed by atoms with Gasteiger partial charge in [0.15, 0.2) is 0 Å². The highest BCUT2D eigenvalue weighted by atomic mass is 16.5. The number of carbonyl (C=O) groups is 2. The van der Waals surface area contributed by atoms with Crippen LogP contribution in [0.25, 0.3) is 0 Å². The molecule has 6 heteroatoms. The van der Waals surface area contributed by atoms with Gasteiger partial charge < -0.3 is 20.1 Å². The molecule has 22 heavy (non-hydrogen) atoms. The molecule has 1 aromatic carbocycles. The van der Waals surface area contributed by atoms with Crippen molar-refractivity contribution in [1.29, 1.82) is 0 Å². The summed E-state index contributed by atoms with van der Waals surface area (Å²) in [6.07, 6.45) is 1.09. The van der Waals surface area contributed by atoms with Crippen molar-refractivity contribution < 1.29 is 19.4 Å². The Bertz CT molecular complexity index is 464. The molecule has 1 atom stereocenters. The lowest BCUT2D eigenvalue weighted by atomic mass is 10.1. The number of amides is 2. The lowest BCUT2D eigenvalue weighted by Crippen LogP contribution is -2.42. The molecule has 0 unspecified atom stereocenters. The van der Waals surface area contributed by atoms with Crippen LogP contribution in [0.5, 0.6) is 0 Å². The molecule has 0 heterocycles. The minimum absolute atomic E-state index is 0.134. The van der Waals surface area contributed by atoms with E-state index in [0.29, 0.717) is 12.2 Å². The Kier molecular flexibility index (Phi) is 7.99. The van der Waals surface area contributed by atoms with Crippen LogP contribution in [0.2, 0.25) is 0 Å². The third kappa shape index (κ3) is 5.73. The number of likely N-dealkylation sites (N-methyl/N-ethyl adjacent to an activating group) is 1.